The molecule has 1 heterocycles. The summed E-state index contributed by atoms with van der Waals surface area (Å²) >= 11 is 0. The molecule has 0 bridgehead atoms. The van der Waals surface area contributed by atoms with E-state index in [-0.39, 0.29) is 11.7 Å². The molecule has 0 saturated heterocycles. The van der Waals surface area contributed by atoms with E-state index in [9.17, 15) is 9.90 Å². The average Bonchev–Trinajstić information content (AvgIpc) is 3.32. The second-order valence-electron chi connectivity index (χ2n) is 6.75. The molecule has 24 heavy (non-hydrogen) atoms. The molecule has 2 aromatic rings. The number of aromatic hydroxyl groups is 1. The number of rotatable bonds is 7. The molecule has 4 heteroatoms. The standard InChI is InChI=1S/C20H26N2O2/c1-3-4-5-9-17-19(14-7-6-8-16(23)12-14)18(20(21)24)13(2)22(17)15-10-11-15/h6-8,12,15,23H,3-5,9-11H2,1-2H3,(H2,21,24). The first-order valence-electron chi connectivity index (χ1n) is 8.87. The lowest BCUT2D eigenvalue weighted by Crippen LogP contribution is -2.13. The molecule has 1 aliphatic carbocycles. The lowest BCUT2D eigenvalue weighted by molar-refractivity contribution is 0.1000. The lowest BCUT2D eigenvalue weighted by atomic mass is 9.97. The van der Waals surface area contributed by atoms with Crippen LogP contribution in [0.25, 0.3) is 11.1 Å². The molecule has 4 nitrogen and oxygen atoms in total. The number of primary amides is 1. The number of phenolic OH excluding ortho intramolecular Hbond substituents is 1. The predicted octanol–water partition coefficient (Wildman–Crippen LogP) is 4.34. The largest absolute Gasteiger partial charge is 0.508 e. The predicted molar refractivity (Wildman–Crippen MR) is 96.3 cm³/mol. The molecule has 1 amide bonds. The van der Waals surface area contributed by atoms with Crippen LogP contribution in [0.2, 0.25) is 0 Å². The quantitative estimate of drug-likeness (QED) is 0.743. The zero-order chi connectivity index (χ0) is 17.3. The smallest absolute Gasteiger partial charge is 0.251 e. The zero-order valence-electron chi connectivity index (χ0n) is 14.5. The number of phenols is 1. The summed E-state index contributed by atoms with van der Waals surface area (Å²) in [6, 6.07) is 7.62. The normalized spacial score (nSPS) is 14.1. The molecular formula is C20H26N2O2. The third-order valence-corrected chi connectivity index (χ3v) is 4.86. The summed E-state index contributed by atoms with van der Waals surface area (Å²) in [6.07, 6.45) is 6.68. The molecule has 128 valence electrons. The maximum atomic E-state index is 12.2. The summed E-state index contributed by atoms with van der Waals surface area (Å²) in [7, 11) is 0. The van der Waals surface area contributed by atoms with Crippen LogP contribution in [0.15, 0.2) is 24.3 Å². The van der Waals surface area contributed by atoms with Gasteiger partial charge < -0.3 is 15.4 Å². The highest BCUT2D eigenvalue weighted by atomic mass is 16.3. The highest BCUT2D eigenvalue weighted by Gasteiger charge is 2.32. The van der Waals surface area contributed by atoms with Crippen LogP contribution < -0.4 is 5.73 Å². The lowest BCUT2D eigenvalue weighted by Gasteiger charge is -2.12. The molecule has 1 fully saturated rings. The van der Waals surface area contributed by atoms with E-state index in [1.165, 1.54) is 12.1 Å². The second-order valence-corrected chi connectivity index (χ2v) is 6.75. The highest BCUT2D eigenvalue weighted by molar-refractivity contribution is 6.02. The number of hydrogen-bond donors (Lipinski definition) is 2. The van der Waals surface area contributed by atoms with E-state index in [4.69, 9.17) is 5.73 Å². The van der Waals surface area contributed by atoms with E-state index < -0.39 is 0 Å². The van der Waals surface area contributed by atoms with Crippen molar-refractivity contribution in [3.8, 4) is 16.9 Å². The van der Waals surface area contributed by atoms with Crippen molar-refractivity contribution in [1.29, 1.82) is 0 Å². The molecule has 3 N–H and O–H groups in total. The molecule has 1 aromatic carbocycles. The summed E-state index contributed by atoms with van der Waals surface area (Å²) in [6.45, 7) is 4.18. The SMILES string of the molecule is CCCCCc1c(-c2cccc(O)c2)c(C(N)=O)c(C)n1C1CC1. The van der Waals surface area contributed by atoms with Crippen LogP contribution in [0.3, 0.4) is 0 Å². The molecule has 1 saturated carbocycles. The summed E-state index contributed by atoms with van der Waals surface area (Å²) in [5.41, 5.74) is 10.3. The first-order chi connectivity index (χ1) is 11.5. The molecule has 1 aliphatic rings. The minimum atomic E-state index is -0.387. The number of benzene rings is 1. The Bertz CT molecular complexity index is 757. The minimum absolute atomic E-state index is 0.208. The minimum Gasteiger partial charge on any atom is -0.508 e. The van der Waals surface area contributed by atoms with Crippen molar-refractivity contribution < 1.29 is 9.90 Å². The van der Waals surface area contributed by atoms with Crippen molar-refractivity contribution in [2.24, 2.45) is 5.73 Å². The number of nitrogens with zero attached hydrogens (tertiary/aromatic N) is 1. The Balaban J connectivity index is 2.19. The van der Waals surface area contributed by atoms with Crippen LogP contribution in [0, 0.1) is 6.92 Å². The van der Waals surface area contributed by atoms with Gasteiger partial charge in [-0.15, -0.1) is 0 Å². The molecule has 0 radical (unpaired) electrons. The topological polar surface area (TPSA) is 68.2 Å². The van der Waals surface area contributed by atoms with E-state index in [0.29, 0.717) is 11.6 Å². The van der Waals surface area contributed by atoms with Crippen molar-refractivity contribution >= 4 is 5.91 Å². The summed E-state index contributed by atoms with van der Waals surface area (Å²) in [4.78, 5) is 12.2. The van der Waals surface area contributed by atoms with Gasteiger partial charge in [-0.1, -0.05) is 31.9 Å². The molecule has 0 unspecified atom stereocenters. The molecular weight excluding hydrogens is 300 g/mol. The Morgan fingerprint density at radius 1 is 1.33 bits per heavy atom. The van der Waals surface area contributed by atoms with Crippen LogP contribution in [-0.2, 0) is 6.42 Å². The average molecular weight is 326 g/mol. The van der Waals surface area contributed by atoms with Gasteiger partial charge in [0.05, 0.1) is 5.56 Å². The van der Waals surface area contributed by atoms with Crippen LogP contribution in [0.5, 0.6) is 5.75 Å². The molecule has 1 aromatic heterocycles. The zero-order valence-corrected chi connectivity index (χ0v) is 14.5. The van der Waals surface area contributed by atoms with Crippen molar-refractivity contribution in [3.05, 3.63) is 41.2 Å². The second kappa shape index (κ2) is 6.71. The van der Waals surface area contributed by atoms with Gasteiger partial charge in [0.2, 0.25) is 0 Å². The molecule has 0 atom stereocenters. The maximum Gasteiger partial charge on any atom is 0.251 e. The number of hydrogen-bond acceptors (Lipinski definition) is 2. The monoisotopic (exact) mass is 326 g/mol. The fourth-order valence-electron chi connectivity index (χ4n) is 3.66. The van der Waals surface area contributed by atoms with Gasteiger partial charge in [0.15, 0.2) is 0 Å². The Morgan fingerprint density at radius 3 is 2.67 bits per heavy atom. The number of amides is 1. The van der Waals surface area contributed by atoms with Gasteiger partial charge in [0, 0.05) is 23.0 Å². The van der Waals surface area contributed by atoms with Gasteiger partial charge in [0.1, 0.15) is 5.75 Å². The third-order valence-electron chi connectivity index (χ3n) is 4.86. The van der Waals surface area contributed by atoms with Gasteiger partial charge in [0.25, 0.3) is 5.91 Å². The van der Waals surface area contributed by atoms with Crippen LogP contribution >= 0.6 is 0 Å². The number of aromatic nitrogens is 1. The maximum absolute atomic E-state index is 12.2. The molecule has 0 aliphatic heterocycles. The fraction of sp³-hybridized carbons (Fsp3) is 0.450. The van der Waals surface area contributed by atoms with Gasteiger partial charge in [-0.3, -0.25) is 4.79 Å². The Morgan fingerprint density at radius 2 is 2.08 bits per heavy atom. The number of carbonyl (C=O) groups is 1. The molecule has 0 spiro atoms. The summed E-state index contributed by atoms with van der Waals surface area (Å²) in [5.74, 6) is -0.179. The van der Waals surface area contributed by atoms with Crippen LogP contribution in [-0.4, -0.2) is 15.6 Å². The van der Waals surface area contributed by atoms with E-state index >= 15 is 0 Å². The number of nitrogens with two attached hydrogens (primary N) is 1. The highest BCUT2D eigenvalue weighted by Crippen LogP contribution is 2.43. The van der Waals surface area contributed by atoms with Crippen molar-refractivity contribution in [3.63, 3.8) is 0 Å². The number of carbonyl (C=O) groups excluding carboxylic acids is 1. The van der Waals surface area contributed by atoms with Gasteiger partial charge in [-0.05, 0) is 50.3 Å². The van der Waals surface area contributed by atoms with Crippen LogP contribution in [0.1, 0.15) is 66.8 Å². The van der Waals surface area contributed by atoms with Gasteiger partial charge in [-0.25, -0.2) is 0 Å². The Labute approximate surface area is 143 Å². The van der Waals surface area contributed by atoms with E-state index in [2.05, 4.69) is 11.5 Å². The van der Waals surface area contributed by atoms with Crippen LogP contribution in [0.4, 0.5) is 0 Å². The van der Waals surface area contributed by atoms with E-state index in [1.54, 1.807) is 12.1 Å². The Kier molecular flexibility index (Phi) is 4.65. The van der Waals surface area contributed by atoms with Crippen molar-refractivity contribution in [1.82, 2.24) is 4.57 Å². The first-order valence-corrected chi connectivity index (χ1v) is 8.87. The van der Waals surface area contributed by atoms with E-state index in [0.717, 1.165) is 48.9 Å². The van der Waals surface area contributed by atoms with Crippen molar-refractivity contribution in [2.45, 2.75) is 58.4 Å². The molecule has 3 rings (SSSR count). The Hall–Kier alpha value is -2.23. The number of unbranched alkanes of at least 4 members (excludes halogenated alkanes) is 2. The van der Waals surface area contributed by atoms with E-state index in [1.807, 2.05) is 19.1 Å². The van der Waals surface area contributed by atoms with Gasteiger partial charge >= 0.3 is 0 Å². The first kappa shape index (κ1) is 16.6. The summed E-state index contributed by atoms with van der Waals surface area (Å²) in [5, 5.41) is 9.88. The summed E-state index contributed by atoms with van der Waals surface area (Å²) < 4.78 is 2.33. The fourth-order valence-corrected chi connectivity index (χ4v) is 3.66. The van der Waals surface area contributed by atoms with Crippen molar-refractivity contribution in [2.75, 3.05) is 0 Å². The van der Waals surface area contributed by atoms with Gasteiger partial charge in [-0.2, -0.15) is 0 Å². The third kappa shape index (κ3) is 3.05.